The van der Waals surface area contributed by atoms with Crippen molar-refractivity contribution in [3.8, 4) is 0 Å². The number of carbonyl (C=O) groups is 1. The van der Waals surface area contributed by atoms with Gasteiger partial charge in [-0.15, -0.1) is 0 Å². The summed E-state index contributed by atoms with van der Waals surface area (Å²) in [5.74, 6) is 0.447. The van der Waals surface area contributed by atoms with Crippen LogP contribution in [0.1, 0.15) is 30.4 Å². The lowest BCUT2D eigenvalue weighted by Gasteiger charge is -2.25. The Morgan fingerprint density at radius 2 is 1.96 bits per heavy atom. The molecule has 1 heterocycles. The van der Waals surface area contributed by atoms with E-state index in [4.69, 9.17) is 0 Å². The fraction of sp³-hybridized carbons (Fsp3) is 0.409. The zero-order chi connectivity index (χ0) is 18.0. The molecule has 0 bridgehead atoms. The molecule has 2 aromatic rings. The number of fused-ring (bicyclic) bond motifs is 1. The Kier molecular flexibility index (Phi) is 4.68. The first-order chi connectivity index (χ1) is 12.7. The summed E-state index contributed by atoms with van der Waals surface area (Å²) in [7, 11) is 0. The number of anilines is 1. The summed E-state index contributed by atoms with van der Waals surface area (Å²) in [5, 5.41) is 12.9. The highest BCUT2D eigenvalue weighted by Gasteiger charge is 2.50. The average Bonchev–Trinajstić information content (AvgIpc) is 3.20. The maximum absolute atomic E-state index is 12.7. The molecule has 2 aromatic carbocycles. The predicted octanol–water partition coefficient (Wildman–Crippen LogP) is 3.90. The average molecular weight is 350 g/mol. The number of rotatable bonds is 4. The first-order valence-corrected chi connectivity index (χ1v) is 9.48. The molecule has 0 radical (unpaired) electrons. The molecule has 2 atom stereocenters. The van der Waals surface area contributed by atoms with Crippen LogP contribution in [0.3, 0.4) is 0 Å². The SMILES string of the molecule is O=C(Nc1cccc(Cc2ccccc2)c1)N1C[C@@H]2CCC[C@]2(CO)C1. The quantitative estimate of drug-likeness (QED) is 0.878. The second-order valence-electron chi connectivity index (χ2n) is 7.78. The van der Waals surface area contributed by atoms with E-state index in [1.54, 1.807) is 0 Å². The molecule has 0 spiro atoms. The van der Waals surface area contributed by atoms with Crippen LogP contribution in [-0.2, 0) is 6.42 Å². The number of carbonyl (C=O) groups excluding carboxylic acids is 1. The van der Waals surface area contributed by atoms with Crippen LogP contribution < -0.4 is 5.32 Å². The molecular weight excluding hydrogens is 324 g/mol. The zero-order valence-corrected chi connectivity index (χ0v) is 15.0. The highest BCUT2D eigenvalue weighted by atomic mass is 16.3. The Labute approximate surface area is 154 Å². The van der Waals surface area contributed by atoms with Crippen molar-refractivity contribution < 1.29 is 9.90 Å². The topological polar surface area (TPSA) is 52.6 Å². The number of aliphatic hydroxyl groups is 1. The third kappa shape index (κ3) is 3.34. The van der Waals surface area contributed by atoms with E-state index in [2.05, 4.69) is 23.5 Å². The fourth-order valence-corrected chi connectivity index (χ4v) is 4.62. The van der Waals surface area contributed by atoms with Gasteiger partial charge in [0, 0.05) is 24.2 Å². The molecule has 1 saturated heterocycles. The van der Waals surface area contributed by atoms with E-state index >= 15 is 0 Å². The fourth-order valence-electron chi connectivity index (χ4n) is 4.62. The number of benzene rings is 2. The van der Waals surface area contributed by atoms with Crippen LogP contribution >= 0.6 is 0 Å². The maximum Gasteiger partial charge on any atom is 0.321 e. The molecule has 2 N–H and O–H groups in total. The summed E-state index contributed by atoms with van der Waals surface area (Å²) >= 11 is 0. The Morgan fingerprint density at radius 3 is 2.73 bits per heavy atom. The minimum Gasteiger partial charge on any atom is -0.396 e. The van der Waals surface area contributed by atoms with Crippen molar-refractivity contribution in [2.75, 3.05) is 25.0 Å². The molecule has 2 amide bonds. The van der Waals surface area contributed by atoms with Crippen molar-refractivity contribution in [3.63, 3.8) is 0 Å². The largest absolute Gasteiger partial charge is 0.396 e. The van der Waals surface area contributed by atoms with Gasteiger partial charge in [-0.1, -0.05) is 48.9 Å². The van der Waals surface area contributed by atoms with Gasteiger partial charge in [0.15, 0.2) is 0 Å². The summed E-state index contributed by atoms with van der Waals surface area (Å²) in [4.78, 5) is 14.6. The zero-order valence-electron chi connectivity index (χ0n) is 15.0. The summed E-state index contributed by atoms with van der Waals surface area (Å²) < 4.78 is 0. The van der Waals surface area contributed by atoms with Gasteiger partial charge in [-0.3, -0.25) is 0 Å². The molecule has 2 fully saturated rings. The molecule has 2 aliphatic rings. The summed E-state index contributed by atoms with van der Waals surface area (Å²) in [6.45, 7) is 1.62. The van der Waals surface area contributed by atoms with Gasteiger partial charge in [0.2, 0.25) is 0 Å². The molecule has 0 aromatic heterocycles. The van der Waals surface area contributed by atoms with E-state index in [1.807, 2.05) is 41.3 Å². The molecule has 1 aliphatic heterocycles. The van der Waals surface area contributed by atoms with E-state index < -0.39 is 0 Å². The minimum atomic E-state index is -0.0630. The predicted molar refractivity (Wildman–Crippen MR) is 103 cm³/mol. The Balaban J connectivity index is 1.41. The summed E-state index contributed by atoms with van der Waals surface area (Å²) in [5.41, 5.74) is 3.21. The van der Waals surface area contributed by atoms with Crippen molar-refractivity contribution >= 4 is 11.7 Å². The molecule has 26 heavy (non-hydrogen) atoms. The van der Waals surface area contributed by atoms with Crippen molar-refractivity contribution in [1.82, 2.24) is 4.90 Å². The van der Waals surface area contributed by atoms with Crippen LogP contribution in [0.2, 0.25) is 0 Å². The third-order valence-electron chi connectivity index (χ3n) is 6.07. The van der Waals surface area contributed by atoms with Gasteiger partial charge < -0.3 is 15.3 Å². The lowest BCUT2D eigenvalue weighted by atomic mass is 9.82. The molecule has 4 heteroatoms. The highest BCUT2D eigenvalue weighted by molar-refractivity contribution is 5.89. The normalized spacial score (nSPS) is 24.5. The van der Waals surface area contributed by atoms with Crippen LogP contribution in [0.15, 0.2) is 54.6 Å². The number of nitrogens with one attached hydrogen (secondary N) is 1. The van der Waals surface area contributed by atoms with Crippen LogP contribution in [0, 0.1) is 11.3 Å². The lowest BCUT2D eigenvalue weighted by molar-refractivity contribution is 0.114. The van der Waals surface area contributed by atoms with Crippen molar-refractivity contribution in [2.45, 2.75) is 25.7 Å². The third-order valence-corrected chi connectivity index (χ3v) is 6.07. The maximum atomic E-state index is 12.7. The smallest absolute Gasteiger partial charge is 0.321 e. The first kappa shape index (κ1) is 17.1. The number of hydrogen-bond donors (Lipinski definition) is 2. The van der Waals surface area contributed by atoms with Gasteiger partial charge in [-0.05, 0) is 48.4 Å². The summed E-state index contributed by atoms with van der Waals surface area (Å²) in [6.07, 6.45) is 4.17. The lowest BCUT2D eigenvalue weighted by Crippen LogP contribution is -2.36. The van der Waals surface area contributed by atoms with E-state index in [1.165, 1.54) is 17.5 Å². The monoisotopic (exact) mass is 350 g/mol. The molecule has 4 rings (SSSR count). The van der Waals surface area contributed by atoms with Gasteiger partial charge in [-0.25, -0.2) is 4.79 Å². The van der Waals surface area contributed by atoms with E-state index in [-0.39, 0.29) is 18.1 Å². The highest BCUT2D eigenvalue weighted by Crippen LogP contribution is 2.48. The van der Waals surface area contributed by atoms with E-state index in [9.17, 15) is 9.90 Å². The molecule has 1 saturated carbocycles. The van der Waals surface area contributed by atoms with Gasteiger partial charge in [-0.2, -0.15) is 0 Å². The number of likely N-dealkylation sites (tertiary alicyclic amines) is 1. The second-order valence-corrected chi connectivity index (χ2v) is 7.78. The standard InChI is InChI=1S/C22H26N2O2/c25-16-22-11-5-9-19(22)14-24(15-22)21(26)23-20-10-4-8-18(13-20)12-17-6-2-1-3-7-17/h1-4,6-8,10,13,19,25H,5,9,11-12,14-16H2,(H,23,26)/t19-,22+/m0/s1. The van der Waals surface area contributed by atoms with Gasteiger partial charge >= 0.3 is 6.03 Å². The van der Waals surface area contributed by atoms with Gasteiger partial charge in [0.05, 0.1) is 6.61 Å². The minimum absolute atomic E-state index is 0.0518. The van der Waals surface area contributed by atoms with E-state index in [0.717, 1.165) is 31.5 Å². The van der Waals surface area contributed by atoms with Crippen molar-refractivity contribution in [3.05, 3.63) is 65.7 Å². The van der Waals surface area contributed by atoms with Crippen LogP contribution in [0.5, 0.6) is 0 Å². The van der Waals surface area contributed by atoms with Crippen LogP contribution in [0.25, 0.3) is 0 Å². The molecule has 0 unspecified atom stereocenters. The Hall–Kier alpha value is -2.33. The molecule has 4 nitrogen and oxygen atoms in total. The second kappa shape index (κ2) is 7.12. The Bertz CT molecular complexity index is 777. The number of nitrogens with zero attached hydrogens (tertiary/aromatic N) is 1. The van der Waals surface area contributed by atoms with Crippen LogP contribution in [-0.4, -0.2) is 35.7 Å². The van der Waals surface area contributed by atoms with Gasteiger partial charge in [0.1, 0.15) is 0 Å². The number of hydrogen-bond acceptors (Lipinski definition) is 2. The van der Waals surface area contributed by atoms with Crippen molar-refractivity contribution in [1.29, 1.82) is 0 Å². The Morgan fingerprint density at radius 1 is 1.15 bits per heavy atom. The summed E-state index contributed by atoms with van der Waals surface area (Å²) in [6, 6.07) is 18.3. The van der Waals surface area contributed by atoms with Gasteiger partial charge in [0.25, 0.3) is 0 Å². The number of urea groups is 1. The van der Waals surface area contributed by atoms with E-state index in [0.29, 0.717) is 12.5 Å². The molecular formula is C22H26N2O2. The van der Waals surface area contributed by atoms with Crippen molar-refractivity contribution in [2.24, 2.45) is 11.3 Å². The number of amides is 2. The molecule has 136 valence electrons. The van der Waals surface area contributed by atoms with Crippen LogP contribution in [0.4, 0.5) is 10.5 Å². The number of aliphatic hydroxyl groups excluding tert-OH is 1. The first-order valence-electron chi connectivity index (χ1n) is 9.48. The molecule has 1 aliphatic carbocycles.